The molecule has 108 valence electrons. The molecule has 0 saturated carbocycles. The molecule has 3 aromatic rings. The lowest BCUT2D eigenvalue weighted by Crippen LogP contribution is -2.22. The Labute approximate surface area is 120 Å². The number of hydrogen-bond acceptors (Lipinski definition) is 6. The Kier molecular flexibility index (Phi) is 3.39. The van der Waals surface area contributed by atoms with E-state index in [0.29, 0.717) is 16.7 Å². The van der Waals surface area contributed by atoms with E-state index in [0.717, 1.165) is 5.76 Å². The van der Waals surface area contributed by atoms with E-state index in [9.17, 15) is 4.79 Å². The molecule has 0 bridgehead atoms. The Morgan fingerprint density at radius 3 is 2.95 bits per heavy atom. The minimum atomic E-state index is -0.361. The van der Waals surface area contributed by atoms with Crippen molar-refractivity contribution in [1.82, 2.24) is 20.6 Å². The summed E-state index contributed by atoms with van der Waals surface area (Å²) in [4.78, 5) is 16.1. The van der Waals surface area contributed by atoms with Crippen LogP contribution in [0.4, 0.5) is 0 Å². The molecule has 0 aliphatic carbocycles. The molecule has 0 saturated heterocycles. The van der Waals surface area contributed by atoms with Crippen LogP contribution in [0.1, 0.15) is 41.8 Å². The Balaban J connectivity index is 1.71. The highest BCUT2D eigenvalue weighted by atomic mass is 16.5. The third-order valence-electron chi connectivity index (χ3n) is 3.04. The number of carbonyl (C=O) groups is 1. The zero-order chi connectivity index (χ0) is 14.8. The molecule has 0 fully saturated rings. The van der Waals surface area contributed by atoms with Crippen LogP contribution in [0.3, 0.4) is 0 Å². The molecule has 7 heteroatoms. The quantitative estimate of drug-likeness (QED) is 0.790. The summed E-state index contributed by atoms with van der Waals surface area (Å²) in [5.41, 5.74) is 1.07. The Hall–Kier alpha value is -2.70. The van der Waals surface area contributed by atoms with Crippen LogP contribution in [0.5, 0.6) is 0 Å². The third kappa shape index (κ3) is 2.62. The second kappa shape index (κ2) is 5.35. The lowest BCUT2D eigenvalue weighted by Gasteiger charge is -1.99. The normalized spacial score (nSPS) is 11.2. The number of carbonyl (C=O) groups excluding carboxylic acids is 1. The van der Waals surface area contributed by atoms with Crippen molar-refractivity contribution in [2.45, 2.75) is 26.3 Å². The van der Waals surface area contributed by atoms with E-state index in [-0.39, 0.29) is 24.1 Å². The van der Waals surface area contributed by atoms with Gasteiger partial charge in [-0.05, 0) is 12.1 Å². The molecule has 0 spiro atoms. The van der Waals surface area contributed by atoms with E-state index in [1.807, 2.05) is 19.9 Å². The third-order valence-corrected chi connectivity index (χ3v) is 3.04. The van der Waals surface area contributed by atoms with Crippen molar-refractivity contribution in [2.75, 3.05) is 0 Å². The van der Waals surface area contributed by atoms with Crippen LogP contribution < -0.4 is 5.32 Å². The standard InChI is InChI=1S/C14H14N4O3/c1-8(2)11-6-9(17-20-11)7-16-14(19)12-10-4-3-5-15-13(10)18-21-12/h3-6,8H,7H2,1-2H3,(H,16,19). The van der Waals surface area contributed by atoms with Gasteiger partial charge in [0.2, 0.25) is 11.4 Å². The molecule has 0 radical (unpaired) electrons. The highest BCUT2D eigenvalue weighted by Gasteiger charge is 2.17. The molecular weight excluding hydrogens is 272 g/mol. The zero-order valence-electron chi connectivity index (χ0n) is 11.7. The maximum Gasteiger partial charge on any atom is 0.290 e. The highest BCUT2D eigenvalue weighted by Crippen LogP contribution is 2.17. The van der Waals surface area contributed by atoms with Gasteiger partial charge in [-0.15, -0.1) is 0 Å². The maximum absolute atomic E-state index is 12.1. The van der Waals surface area contributed by atoms with Gasteiger partial charge in [-0.2, -0.15) is 0 Å². The fourth-order valence-electron chi connectivity index (χ4n) is 1.88. The Bertz CT molecular complexity index is 775. The van der Waals surface area contributed by atoms with Crippen LogP contribution in [-0.2, 0) is 6.54 Å². The summed E-state index contributed by atoms with van der Waals surface area (Å²) in [6.45, 7) is 4.28. The van der Waals surface area contributed by atoms with Crippen molar-refractivity contribution in [3.05, 3.63) is 41.6 Å². The van der Waals surface area contributed by atoms with E-state index in [2.05, 4.69) is 20.6 Å². The van der Waals surface area contributed by atoms with Crippen molar-refractivity contribution < 1.29 is 13.8 Å². The number of amides is 1. The lowest BCUT2D eigenvalue weighted by molar-refractivity contribution is 0.0915. The molecule has 3 heterocycles. The molecule has 0 aliphatic heterocycles. The maximum atomic E-state index is 12.1. The summed E-state index contributed by atoms with van der Waals surface area (Å²) in [6, 6.07) is 5.29. The number of aromatic nitrogens is 3. The van der Waals surface area contributed by atoms with Crippen LogP contribution in [0.15, 0.2) is 33.4 Å². The van der Waals surface area contributed by atoms with Gasteiger partial charge in [-0.25, -0.2) is 4.98 Å². The minimum Gasteiger partial charge on any atom is -0.361 e. The molecular formula is C14H14N4O3. The van der Waals surface area contributed by atoms with E-state index in [1.165, 1.54) is 0 Å². The lowest BCUT2D eigenvalue weighted by atomic mass is 10.1. The number of hydrogen-bond donors (Lipinski definition) is 1. The molecule has 0 aromatic carbocycles. The summed E-state index contributed by atoms with van der Waals surface area (Å²) in [7, 11) is 0. The molecule has 21 heavy (non-hydrogen) atoms. The number of nitrogens with one attached hydrogen (secondary N) is 1. The zero-order valence-corrected chi connectivity index (χ0v) is 11.7. The van der Waals surface area contributed by atoms with Crippen LogP contribution in [-0.4, -0.2) is 21.2 Å². The summed E-state index contributed by atoms with van der Waals surface area (Å²) in [5.74, 6) is 0.824. The first kappa shape index (κ1) is 13.3. The predicted octanol–water partition coefficient (Wildman–Crippen LogP) is 2.26. The van der Waals surface area contributed by atoms with Crippen molar-refractivity contribution in [3.63, 3.8) is 0 Å². The van der Waals surface area contributed by atoms with Crippen LogP contribution >= 0.6 is 0 Å². The number of pyridine rings is 1. The van der Waals surface area contributed by atoms with Crippen LogP contribution in [0.2, 0.25) is 0 Å². The van der Waals surface area contributed by atoms with Gasteiger partial charge < -0.3 is 14.4 Å². The Morgan fingerprint density at radius 2 is 2.19 bits per heavy atom. The van der Waals surface area contributed by atoms with Crippen LogP contribution in [0, 0.1) is 0 Å². The predicted molar refractivity (Wildman–Crippen MR) is 73.6 cm³/mol. The smallest absolute Gasteiger partial charge is 0.290 e. The van der Waals surface area contributed by atoms with Gasteiger partial charge in [0, 0.05) is 18.2 Å². The molecule has 3 aromatic heterocycles. The van der Waals surface area contributed by atoms with Crippen molar-refractivity contribution in [3.8, 4) is 0 Å². The van der Waals surface area contributed by atoms with E-state index in [1.54, 1.807) is 18.3 Å². The topological polar surface area (TPSA) is 94.1 Å². The second-order valence-corrected chi connectivity index (χ2v) is 4.94. The average Bonchev–Trinajstić information content (AvgIpc) is 3.11. The SMILES string of the molecule is CC(C)c1cc(CNC(=O)c2onc3ncccc23)no1. The van der Waals surface area contributed by atoms with E-state index in [4.69, 9.17) is 9.05 Å². The molecule has 1 amide bonds. The van der Waals surface area contributed by atoms with Gasteiger partial charge in [0.1, 0.15) is 11.5 Å². The molecule has 3 rings (SSSR count). The second-order valence-electron chi connectivity index (χ2n) is 4.94. The molecule has 1 N–H and O–H groups in total. The van der Waals surface area contributed by atoms with Gasteiger partial charge >= 0.3 is 0 Å². The number of rotatable bonds is 4. The molecule has 0 atom stereocenters. The van der Waals surface area contributed by atoms with Gasteiger partial charge in [-0.1, -0.05) is 24.2 Å². The summed E-state index contributed by atoms with van der Waals surface area (Å²) in [5, 5.41) is 10.9. The largest absolute Gasteiger partial charge is 0.361 e. The van der Waals surface area contributed by atoms with Gasteiger partial charge in [0.25, 0.3) is 5.91 Å². The molecule has 0 unspecified atom stereocenters. The van der Waals surface area contributed by atoms with Crippen molar-refractivity contribution >= 4 is 16.9 Å². The van der Waals surface area contributed by atoms with Gasteiger partial charge in [0.05, 0.1) is 11.9 Å². The number of nitrogens with zero attached hydrogens (tertiary/aromatic N) is 3. The molecule has 0 aliphatic rings. The van der Waals surface area contributed by atoms with E-state index < -0.39 is 0 Å². The first-order valence-electron chi connectivity index (χ1n) is 6.59. The monoisotopic (exact) mass is 286 g/mol. The minimum absolute atomic E-state index is 0.144. The molecule has 7 nitrogen and oxygen atoms in total. The Morgan fingerprint density at radius 1 is 1.33 bits per heavy atom. The summed E-state index contributed by atoms with van der Waals surface area (Å²) < 4.78 is 10.2. The van der Waals surface area contributed by atoms with Gasteiger partial charge in [0.15, 0.2) is 0 Å². The first-order chi connectivity index (χ1) is 10.1. The van der Waals surface area contributed by atoms with E-state index >= 15 is 0 Å². The van der Waals surface area contributed by atoms with Crippen molar-refractivity contribution in [1.29, 1.82) is 0 Å². The summed E-state index contributed by atoms with van der Waals surface area (Å²) >= 11 is 0. The first-order valence-corrected chi connectivity index (χ1v) is 6.59. The fourth-order valence-corrected chi connectivity index (χ4v) is 1.88. The highest BCUT2D eigenvalue weighted by molar-refractivity contribution is 6.02. The van der Waals surface area contributed by atoms with Crippen LogP contribution in [0.25, 0.3) is 11.0 Å². The van der Waals surface area contributed by atoms with Crippen molar-refractivity contribution in [2.24, 2.45) is 0 Å². The fraction of sp³-hybridized carbons (Fsp3) is 0.286. The number of fused-ring (bicyclic) bond motifs is 1. The average molecular weight is 286 g/mol. The van der Waals surface area contributed by atoms with Gasteiger partial charge in [-0.3, -0.25) is 4.79 Å². The summed E-state index contributed by atoms with van der Waals surface area (Å²) in [6.07, 6.45) is 1.59.